The highest BCUT2D eigenvalue weighted by Crippen LogP contribution is 2.10. The number of hydrogen-bond donors (Lipinski definition) is 3. The number of nitrogens with zero attached hydrogens (tertiary/aromatic N) is 3. The zero-order valence-electron chi connectivity index (χ0n) is 10.6. The molecular formula is C13H13N5O2. The molecule has 0 saturated heterocycles. The van der Waals surface area contributed by atoms with Crippen LogP contribution in [-0.4, -0.2) is 31.5 Å². The minimum Gasteiger partial charge on any atom is -0.508 e. The van der Waals surface area contributed by atoms with Crippen LogP contribution >= 0.6 is 0 Å². The van der Waals surface area contributed by atoms with Crippen molar-refractivity contribution in [2.24, 2.45) is 0 Å². The maximum atomic E-state index is 11.4. The lowest BCUT2D eigenvalue weighted by Gasteiger charge is -2.05. The number of H-pyrrole nitrogens is 1. The number of aromatic hydroxyl groups is 1. The average Bonchev–Trinajstić information content (AvgIpc) is 2.83. The summed E-state index contributed by atoms with van der Waals surface area (Å²) in [4.78, 5) is 11.4. The van der Waals surface area contributed by atoms with Crippen molar-refractivity contribution in [3.63, 3.8) is 0 Å². The Kier molecular flexibility index (Phi) is 3.08. The molecule has 0 unspecified atom stereocenters. The predicted octanol–water partition coefficient (Wildman–Crippen LogP) is 0.778. The Morgan fingerprint density at radius 1 is 1.20 bits per heavy atom. The maximum Gasteiger partial charge on any atom is 0.364 e. The zero-order chi connectivity index (χ0) is 13.9. The van der Waals surface area contributed by atoms with Gasteiger partial charge in [-0.2, -0.15) is 9.61 Å². The van der Waals surface area contributed by atoms with Crippen LogP contribution in [0.2, 0.25) is 0 Å². The second-order valence-corrected chi connectivity index (χ2v) is 4.36. The number of benzene rings is 1. The molecule has 0 bridgehead atoms. The first-order chi connectivity index (χ1) is 9.72. The third-order valence-electron chi connectivity index (χ3n) is 2.93. The summed E-state index contributed by atoms with van der Waals surface area (Å²) in [6.45, 7) is 0.676. The van der Waals surface area contributed by atoms with Gasteiger partial charge >= 0.3 is 5.69 Å². The summed E-state index contributed by atoms with van der Waals surface area (Å²) in [5, 5.41) is 22.6. The number of nitrogens with one attached hydrogen (secondary N) is 2. The van der Waals surface area contributed by atoms with Gasteiger partial charge in [-0.05, 0) is 36.2 Å². The molecule has 2 aromatic heterocycles. The predicted molar refractivity (Wildman–Crippen MR) is 73.9 cm³/mol. The number of aromatic amines is 1. The maximum absolute atomic E-state index is 11.4. The molecule has 0 aliphatic heterocycles. The van der Waals surface area contributed by atoms with Crippen LogP contribution < -0.4 is 11.0 Å². The molecule has 0 saturated carbocycles. The first-order valence-electron chi connectivity index (χ1n) is 6.18. The van der Waals surface area contributed by atoms with E-state index in [1.54, 1.807) is 24.3 Å². The average molecular weight is 271 g/mol. The highest BCUT2D eigenvalue weighted by molar-refractivity contribution is 5.43. The second-order valence-electron chi connectivity index (χ2n) is 4.36. The van der Waals surface area contributed by atoms with Crippen molar-refractivity contribution in [2.75, 3.05) is 11.9 Å². The number of aromatic nitrogens is 4. The number of rotatable bonds is 4. The quantitative estimate of drug-likeness (QED) is 0.651. The van der Waals surface area contributed by atoms with Crippen molar-refractivity contribution in [3.05, 3.63) is 52.4 Å². The Hall–Kier alpha value is -2.83. The van der Waals surface area contributed by atoms with Crippen LogP contribution in [0.25, 0.3) is 5.65 Å². The molecule has 7 heteroatoms. The third-order valence-corrected chi connectivity index (χ3v) is 2.93. The van der Waals surface area contributed by atoms with Gasteiger partial charge in [0.2, 0.25) is 0 Å². The van der Waals surface area contributed by atoms with Gasteiger partial charge in [0.05, 0.1) is 0 Å². The number of hydrogen-bond acceptors (Lipinski definition) is 5. The number of anilines is 1. The van der Waals surface area contributed by atoms with Gasteiger partial charge in [0.1, 0.15) is 11.6 Å². The molecule has 20 heavy (non-hydrogen) atoms. The molecule has 0 atom stereocenters. The fraction of sp³-hybridized carbons (Fsp3) is 0.154. The van der Waals surface area contributed by atoms with Crippen molar-refractivity contribution in [1.82, 2.24) is 19.8 Å². The third kappa shape index (κ3) is 2.46. The van der Waals surface area contributed by atoms with Crippen LogP contribution in [0.15, 0.2) is 41.2 Å². The second kappa shape index (κ2) is 5.04. The fourth-order valence-corrected chi connectivity index (χ4v) is 1.89. The highest BCUT2D eigenvalue weighted by Gasteiger charge is 2.02. The van der Waals surface area contributed by atoms with E-state index in [4.69, 9.17) is 0 Å². The fourth-order valence-electron chi connectivity index (χ4n) is 1.89. The van der Waals surface area contributed by atoms with E-state index in [0.29, 0.717) is 18.0 Å². The van der Waals surface area contributed by atoms with Gasteiger partial charge in [-0.25, -0.2) is 9.89 Å². The minimum absolute atomic E-state index is 0.258. The largest absolute Gasteiger partial charge is 0.508 e. The zero-order valence-corrected chi connectivity index (χ0v) is 10.6. The van der Waals surface area contributed by atoms with E-state index in [1.165, 1.54) is 4.52 Å². The molecule has 0 radical (unpaired) electrons. The Bertz CT molecular complexity index is 775. The van der Waals surface area contributed by atoms with Crippen LogP contribution in [-0.2, 0) is 6.42 Å². The van der Waals surface area contributed by atoms with Crippen molar-refractivity contribution in [2.45, 2.75) is 6.42 Å². The van der Waals surface area contributed by atoms with E-state index in [9.17, 15) is 9.90 Å². The van der Waals surface area contributed by atoms with E-state index in [2.05, 4.69) is 20.6 Å². The van der Waals surface area contributed by atoms with Gasteiger partial charge in [0.25, 0.3) is 0 Å². The van der Waals surface area contributed by atoms with Gasteiger partial charge < -0.3 is 10.4 Å². The van der Waals surface area contributed by atoms with Crippen molar-refractivity contribution in [1.29, 1.82) is 0 Å². The van der Waals surface area contributed by atoms with Crippen LogP contribution in [0, 0.1) is 0 Å². The number of phenols is 1. The Labute approximate surface area is 113 Å². The van der Waals surface area contributed by atoms with Crippen LogP contribution in [0.3, 0.4) is 0 Å². The molecule has 3 aromatic rings. The molecular weight excluding hydrogens is 258 g/mol. The van der Waals surface area contributed by atoms with E-state index < -0.39 is 0 Å². The van der Waals surface area contributed by atoms with Gasteiger partial charge in [-0.15, -0.1) is 5.10 Å². The Balaban J connectivity index is 1.66. The lowest BCUT2D eigenvalue weighted by molar-refractivity contribution is 0.475. The first-order valence-corrected chi connectivity index (χ1v) is 6.18. The van der Waals surface area contributed by atoms with Crippen LogP contribution in [0.1, 0.15) is 5.56 Å². The summed E-state index contributed by atoms with van der Waals surface area (Å²) >= 11 is 0. The van der Waals surface area contributed by atoms with Crippen molar-refractivity contribution >= 4 is 11.5 Å². The van der Waals surface area contributed by atoms with Gasteiger partial charge in [0, 0.05) is 6.54 Å². The lowest BCUT2D eigenvalue weighted by Crippen LogP contribution is -2.14. The standard InChI is InChI=1S/C13H13N5O2/c19-10-3-1-9(2-4-10)7-8-14-11-5-6-12-15-16-13(20)18(12)17-11/h1-6,19H,7-8H2,(H,14,17)(H,16,20). The molecule has 3 N–H and O–H groups in total. The van der Waals surface area contributed by atoms with E-state index >= 15 is 0 Å². The molecule has 0 amide bonds. The van der Waals surface area contributed by atoms with E-state index in [0.717, 1.165) is 12.0 Å². The minimum atomic E-state index is -0.359. The van der Waals surface area contributed by atoms with Crippen molar-refractivity contribution in [3.8, 4) is 5.75 Å². The molecule has 7 nitrogen and oxygen atoms in total. The van der Waals surface area contributed by atoms with E-state index in [1.807, 2.05) is 12.1 Å². The Morgan fingerprint density at radius 2 is 2.00 bits per heavy atom. The first kappa shape index (κ1) is 12.2. The highest BCUT2D eigenvalue weighted by atomic mass is 16.3. The monoisotopic (exact) mass is 271 g/mol. The molecule has 0 aliphatic carbocycles. The molecule has 0 aliphatic rings. The SMILES string of the molecule is O=c1[nH]nc2ccc(NCCc3ccc(O)cc3)nn12. The topological polar surface area (TPSA) is 95.3 Å². The molecule has 0 spiro atoms. The van der Waals surface area contributed by atoms with Crippen molar-refractivity contribution < 1.29 is 5.11 Å². The summed E-state index contributed by atoms with van der Waals surface area (Å²) in [6.07, 6.45) is 0.792. The summed E-state index contributed by atoms with van der Waals surface area (Å²) in [6, 6.07) is 10.5. The van der Waals surface area contributed by atoms with Gasteiger partial charge in [-0.3, -0.25) is 0 Å². The number of phenolic OH excluding ortho intramolecular Hbond substituents is 1. The van der Waals surface area contributed by atoms with E-state index in [-0.39, 0.29) is 11.4 Å². The smallest absolute Gasteiger partial charge is 0.364 e. The summed E-state index contributed by atoms with van der Waals surface area (Å²) in [5.41, 5.74) is 1.23. The van der Waals surface area contributed by atoms with Crippen LogP contribution in [0.5, 0.6) is 5.75 Å². The number of fused-ring (bicyclic) bond motifs is 1. The normalized spacial score (nSPS) is 10.8. The summed E-state index contributed by atoms with van der Waals surface area (Å²) < 4.78 is 1.21. The molecule has 0 fully saturated rings. The molecule has 102 valence electrons. The summed E-state index contributed by atoms with van der Waals surface area (Å²) in [5.74, 6) is 0.868. The molecule has 3 rings (SSSR count). The Morgan fingerprint density at radius 3 is 2.80 bits per heavy atom. The van der Waals surface area contributed by atoms with Gasteiger partial charge in [0.15, 0.2) is 5.65 Å². The van der Waals surface area contributed by atoms with Crippen LogP contribution in [0.4, 0.5) is 5.82 Å². The lowest BCUT2D eigenvalue weighted by atomic mass is 10.1. The molecule has 2 heterocycles. The summed E-state index contributed by atoms with van der Waals surface area (Å²) in [7, 11) is 0. The van der Waals surface area contributed by atoms with Gasteiger partial charge in [-0.1, -0.05) is 12.1 Å². The molecule has 1 aromatic carbocycles.